The first-order chi connectivity index (χ1) is 14.4. The maximum Gasteiger partial charge on any atom is 0.123 e. The van der Waals surface area contributed by atoms with Gasteiger partial charge in [0.15, 0.2) is 0 Å². The molecule has 1 aliphatic rings. The quantitative estimate of drug-likeness (QED) is 0.599. The third kappa shape index (κ3) is 5.26. The van der Waals surface area contributed by atoms with Crippen LogP contribution in [0.3, 0.4) is 0 Å². The molecule has 3 nitrogen and oxygen atoms in total. The van der Waals surface area contributed by atoms with Crippen molar-refractivity contribution in [2.45, 2.75) is 77.7 Å². The summed E-state index contributed by atoms with van der Waals surface area (Å²) in [4.78, 5) is 4.79. The molecule has 2 aromatic rings. The highest BCUT2D eigenvalue weighted by Crippen LogP contribution is 2.43. The lowest BCUT2D eigenvalue weighted by Gasteiger charge is -2.37. The van der Waals surface area contributed by atoms with Gasteiger partial charge < -0.3 is 10.0 Å². The molecule has 0 bridgehead atoms. The Bertz CT molecular complexity index is 844. The van der Waals surface area contributed by atoms with Gasteiger partial charge in [0.2, 0.25) is 0 Å². The van der Waals surface area contributed by atoms with E-state index in [9.17, 15) is 5.11 Å². The highest BCUT2D eigenvalue weighted by atomic mass is 16.3. The van der Waals surface area contributed by atoms with Crippen LogP contribution in [0.4, 0.5) is 5.69 Å². The fraction of sp³-hybridized carbons (Fsp3) is 0.571. The highest BCUT2D eigenvalue weighted by molar-refractivity contribution is 5.53. The molecule has 3 rings (SSSR count). The fourth-order valence-electron chi connectivity index (χ4n) is 4.70. The van der Waals surface area contributed by atoms with Gasteiger partial charge in [0.25, 0.3) is 0 Å². The molecule has 1 heterocycles. The zero-order valence-electron chi connectivity index (χ0n) is 20.9. The molecule has 1 aliphatic heterocycles. The van der Waals surface area contributed by atoms with E-state index in [1.807, 2.05) is 0 Å². The number of piperidine rings is 1. The van der Waals surface area contributed by atoms with Gasteiger partial charge in [-0.15, -0.1) is 0 Å². The van der Waals surface area contributed by atoms with E-state index in [2.05, 4.69) is 102 Å². The Morgan fingerprint density at radius 1 is 0.774 bits per heavy atom. The Kier molecular flexibility index (Phi) is 6.76. The predicted octanol–water partition coefficient (Wildman–Crippen LogP) is 6.63. The minimum absolute atomic E-state index is 0.124. The van der Waals surface area contributed by atoms with Crippen molar-refractivity contribution in [3.05, 3.63) is 58.7 Å². The maximum absolute atomic E-state index is 11.2. The monoisotopic (exact) mass is 422 g/mol. The Hall–Kier alpha value is -2.00. The molecule has 0 aliphatic carbocycles. The number of nitrogens with zero attached hydrogens (tertiary/aromatic N) is 2. The lowest BCUT2D eigenvalue weighted by Crippen LogP contribution is -2.35. The molecule has 1 saturated heterocycles. The van der Waals surface area contributed by atoms with Crippen LogP contribution in [0.1, 0.15) is 89.1 Å². The number of phenols is 1. The van der Waals surface area contributed by atoms with E-state index < -0.39 is 0 Å². The zero-order chi connectivity index (χ0) is 23.0. The van der Waals surface area contributed by atoms with Crippen LogP contribution >= 0.6 is 0 Å². The molecule has 3 heteroatoms. The molecule has 0 radical (unpaired) electrons. The zero-order valence-corrected chi connectivity index (χ0v) is 20.9. The summed E-state index contributed by atoms with van der Waals surface area (Å²) < 4.78 is 0. The summed E-state index contributed by atoms with van der Waals surface area (Å²) in [6.07, 6.45) is 3.82. The van der Waals surface area contributed by atoms with Gasteiger partial charge in [-0.05, 0) is 83.3 Å². The normalized spacial score (nSPS) is 16.9. The van der Waals surface area contributed by atoms with Crippen LogP contribution in [0.25, 0.3) is 0 Å². The molecule has 31 heavy (non-hydrogen) atoms. The smallest absolute Gasteiger partial charge is 0.123 e. The highest BCUT2D eigenvalue weighted by Gasteiger charge is 2.31. The van der Waals surface area contributed by atoms with Crippen LogP contribution in [-0.4, -0.2) is 37.2 Å². The molecule has 170 valence electrons. The van der Waals surface area contributed by atoms with Crippen molar-refractivity contribution >= 4 is 5.69 Å². The first-order valence-corrected chi connectivity index (χ1v) is 11.8. The molecule has 1 N–H and O–H groups in total. The van der Waals surface area contributed by atoms with E-state index in [1.165, 1.54) is 36.1 Å². The van der Waals surface area contributed by atoms with Crippen molar-refractivity contribution in [2.75, 3.05) is 32.1 Å². The molecule has 0 amide bonds. The van der Waals surface area contributed by atoms with Crippen molar-refractivity contribution in [3.8, 4) is 5.75 Å². The maximum atomic E-state index is 11.2. The molecule has 1 fully saturated rings. The average molecular weight is 423 g/mol. The molecule has 0 aromatic heterocycles. The van der Waals surface area contributed by atoms with Gasteiger partial charge in [0.1, 0.15) is 5.75 Å². The summed E-state index contributed by atoms with van der Waals surface area (Å²) in [6, 6.07) is 13.8. The SMILES string of the molecule is CN(C)c1ccc(C(c2cc(C(C)(C)C)c(O)c(C(C)(C)C)c2)N2CCCCC2)cc1. The molecule has 2 aromatic carbocycles. The fourth-order valence-corrected chi connectivity index (χ4v) is 4.70. The van der Waals surface area contributed by atoms with Crippen molar-refractivity contribution in [3.63, 3.8) is 0 Å². The third-order valence-electron chi connectivity index (χ3n) is 6.55. The number of rotatable bonds is 4. The van der Waals surface area contributed by atoms with Crippen molar-refractivity contribution in [1.29, 1.82) is 0 Å². The van der Waals surface area contributed by atoms with Crippen LogP contribution in [0.15, 0.2) is 36.4 Å². The van der Waals surface area contributed by atoms with Crippen molar-refractivity contribution in [2.24, 2.45) is 0 Å². The first-order valence-electron chi connectivity index (χ1n) is 11.8. The Morgan fingerprint density at radius 2 is 1.26 bits per heavy atom. The number of anilines is 1. The first kappa shape index (κ1) is 23.7. The van der Waals surface area contributed by atoms with E-state index in [-0.39, 0.29) is 16.9 Å². The standard InChI is InChI=1S/C28H42N2O/c1-27(2,3)23-18-21(19-24(26(23)31)28(4,5)6)25(30-16-10-9-11-17-30)20-12-14-22(15-13-20)29(7)8/h12-15,18-19,25,31H,9-11,16-17H2,1-8H3. The van der Waals surface area contributed by atoms with Gasteiger partial charge in [-0.25, -0.2) is 0 Å². The van der Waals surface area contributed by atoms with Crippen LogP contribution in [0.5, 0.6) is 5.75 Å². The lowest BCUT2D eigenvalue weighted by atomic mass is 9.77. The topological polar surface area (TPSA) is 26.7 Å². The van der Waals surface area contributed by atoms with E-state index in [0.717, 1.165) is 24.2 Å². The van der Waals surface area contributed by atoms with Gasteiger partial charge in [-0.1, -0.05) is 60.1 Å². The molecular weight excluding hydrogens is 380 g/mol. The van der Waals surface area contributed by atoms with Gasteiger partial charge in [-0.2, -0.15) is 0 Å². The summed E-state index contributed by atoms with van der Waals surface area (Å²) in [5, 5.41) is 11.2. The molecule has 1 unspecified atom stereocenters. The largest absolute Gasteiger partial charge is 0.507 e. The van der Waals surface area contributed by atoms with Gasteiger partial charge >= 0.3 is 0 Å². The number of benzene rings is 2. The second-order valence-electron chi connectivity index (χ2n) is 11.4. The van der Waals surface area contributed by atoms with Gasteiger partial charge in [0, 0.05) is 19.8 Å². The van der Waals surface area contributed by atoms with E-state index in [4.69, 9.17) is 0 Å². The Balaban J connectivity index is 2.20. The molecule has 1 atom stereocenters. The number of aromatic hydroxyl groups is 1. The van der Waals surface area contributed by atoms with Crippen LogP contribution in [0, 0.1) is 0 Å². The summed E-state index contributed by atoms with van der Waals surface area (Å²) in [7, 11) is 4.17. The Labute approximate surface area is 190 Å². The number of likely N-dealkylation sites (tertiary alicyclic amines) is 1. The average Bonchev–Trinajstić information content (AvgIpc) is 2.68. The van der Waals surface area contributed by atoms with E-state index in [0.29, 0.717) is 5.75 Å². The lowest BCUT2D eigenvalue weighted by molar-refractivity contribution is 0.187. The van der Waals surface area contributed by atoms with E-state index >= 15 is 0 Å². The molecule has 0 spiro atoms. The number of hydrogen-bond acceptors (Lipinski definition) is 3. The second kappa shape index (κ2) is 8.86. The van der Waals surface area contributed by atoms with Crippen LogP contribution in [0.2, 0.25) is 0 Å². The third-order valence-corrected chi connectivity index (χ3v) is 6.55. The summed E-state index contributed by atoms with van der Waals surface area (Å²) >= 11 is 0. The number of hydrogen-bond donors (Lipinski definition) is 1. The van der Waals surface area contributed by atoms with Crippen molar-refractivity contribution < 1.29 is 5.11 Å². The van der Waals surface area contributed by atoms with Crippen LogP contribution < -0.4 is 4.90 Å². The van der Waals surface area contributed by atoms with Crippen LogP contribution in [-0.2, 0) is 10.8 Å². The molecule has 0 saturated carbocycles. The predicted molar refractivity (Wildman–Crippen MR) is 134 cm³/mol. The van der Waals surface area contributed by atoms with E-state index in [1.54, 1.807) is 0 Å². The summed E-state index contributed by atoms with van der Waals surface area (Å²) in [5.74, 6) is 0.462. The molecular formula is C28H42N2O. The van der Waals surface area contributed by atoms with Crippen molar-refractivity contribution in [1.82, 2.24) is 4.90 Å². The minimum atomic E-state index is -0.124. The summed E-state index contributed by atoms with van der Waals surface area (Å²) in [6.45, 7) is 15.4. The second-order valence-corrected chi connectivity index (χ2v) is 11.4. The number of phenolic OH excluding ortho intramolecular Hbond substituents is 1. The minimum Gasteiger partial charge on any atom is -0.507 e. The Morgan fingerprint density at radius 3 is 1.68 bits per heavy atom. The van der Waals surface area contributed by atoms with Gasteiger partial charge in [0.05, 0.1) is 6.04 Å². The summed E-state index contributed by atoms with van der Waals surface area (Å²) in [5.41, 5.74) is 5.69. The van der Waals surface area contributed by atoms with Gasteiger partial charge in [-0.3, -0.25) is 4.90 Å².